The van der Waals surface area contributed by atoms with Gasteiger partial charge in [0.15, 0.2) is 0 Å². The van der Waals surface area contributed by atoms with E-state index in [4.69, 9.17) is 32.7 Å². The largest absolute Gasteiger partial charge is 0.415 e. The van der Waals surface area contributed by atoms with Gasteiger partial charge in [-0.2, -0.15) is 0 Å². The topological polar surface area (TPSA) is 52.6 Å². The van der Waals surface area contributed by atoms with Crippen molar-refractivity contribution in [3.8, 4) is 11.5 Å². The zero-order valence-electron chi connectivity index (χ0n) is 18.3. The highest BCUT2D eigenvalue weighted by molar-refractivity contribution is 6.61. The van der Waals surface area contributed by atoms with Crippen LogP contribution in [-0.4, -0.2) is 10.9 Å². The number of rotatable bonds is 6. The summed E-state index contributed by atoms with van der Waals surface area (Å²) in [4.78, 5) is 21.9. The molecular weight excluding hydrogens is 447 g/mol. The lowest BCUT2D eigenvalue weighted by Gasteiger charge is -2.31. The van der Waals surface area contributed by atoms with Crippen LogP contribution < -0.4 is 9.47 Å². The summed E-state index contributed by atoms with van der Waals surface area (Å²) in [7, 11) is 0. The van der Waals surface area contributed by atoms with Crippen molar-refractivity contribution in [2.24, 2.45) is 0 Å². The van der Waals surface area contributed by atoms with Gasteiger partial charge in [-0.25, -0.2) is 9.59 Å². The van der Waals surface area contributed by atoms with E-state index in [1.807, 2.05) is 24.3 Å². The van der Waals surface area contributed by atoms with Crippen LogP contribution in [0, 0.1) is 0 Å². The first-order chi connectivity index (χ1) is 15.0. The maximum atomic E-state index is 10.9. The second-order valence-corrected chi connectivity index (χ2v) is 9.18. The summed E-state index contributed by atoms with van der Waals surface area (Å²) < 4.78 is 9.84. The van der Waals surface area contributed by atoms with Crippen LogP contribution in [0.25, 0.3) is 0 Å². The normalized spacial score (nSPS) is 11.7. The molecule has 0 aliphatic heterocycles. The Balaban J connectivity index is 1.90. The molecule has 0 amide bonds. The van der Waals surface area contributed by atoms with Crippen molar-refractivity contribution in [1.29, 1.82) is 0 Å². The Morgan fingerprint density at radius 1 is 0.594 bits per heavy atom. The van der Waals surface area contributed by atoms with Crippen LogP contribution in [0.2, 0.25) is 0 Å². The van der Waals surface area contributed by atoms with Crippen molar-refractivity contribution in [1.82, 2.24) is 0 Å². The fourth-order valence-corrected chi connectivity index (χ4v) is 3.87. The second-order valence-electron chi connectivity index (χ2n) is 8.56. The van der Waals surface area contributed by atoms with Gasteiger partial charge in [-0.1, -0.05) is 76.2 Å². The fourth-order valence-electron chi connectivity index (χ4n) is 3.69. The van der Waals surface area contributed by atoms with Gasteiger partial charge < -0.3 is 9.47 Å². The zero-order chi connectivity index (χ0) is 23.5. The summed E-state index contributed by atoms with van der Waals surface area (Å²) >= 11 is 10.6. The monoisotopic (exact) mass is 470 g/mol. The lowest BCUT2D eigenvalue weighted by molar-refractivity contribution is 0.224. The van der Waals surface area contributed by atoms with Crippen molar-refractivity contribution in [2.75, 3.05) is 0 Å². The summed E-state index contributed by atoms with van der Waals surface area (Å²) in [5, 5.41) is 0. The molecule has 0 bridgehead atoms. The minimum atomic E-state index is -0.860. The number of ether oxygens (including phenoxy) is 2. The molecule has 0 radical (unpaired) electrons. The first-order valence-corrected chi connectivity index (χ1v) is 10.8. The molecule has 0 aliphatic rings. The maximum Gasteiger partial charge on any atom is 0.409 e. The molecule has 0 atom stereocenters. The first kappa shape index (κ1) is 23.8. The second kappa shape index (κ2) is 9.35. The van der Waals surface area contributed by atoms with E-state index in [2.05, 4.69) is 52.0 Å². The number of carbonyl (C=O) groups excluding carboxylic acids is 2. The molecule has 0 spiro atoms. The van der Waals surface area contributed by atoms with Crippen LogP contribution >= 0.6 is 23.2 Å². The Kier molecular flexibility index (Phi) is 6.97. The Morgan fingerprint density at radius 2 is 0.938 bits per heavy atom. The maximum absolute atomic E-state index is 10.9. The van der Waals surface area contributed by atoms with Gasteiger partial charge in [-0.3, -0.25) is 0 Å². The SMILES string of the molecule is CC(C)(c1ccc(OC(=O)Cl)cc1)c1cccc(C(C)(C)c2ccc(OC(=O)Cl)cc2)c1. The van der Waals surface area contributed by atoms with Gasteiger partial charge in [-0.15, -0.1) is 0 Å². The van der Waals surface area contributed by atoms with Gasteiger partial charge in [-0.05, 0) is 46.5 Å². The minimum Gasteiger partial charge on any atom is -0.415 e. The van der Waals surface area contributed by atoms with Crippen LogP contribution in [0.15, 0.2) is 72.8 Å². The summed E-state index contributed by atoms with van der Waals surface area (Å²) in [5.74, 6) is 0.811. The minimum absolute atomic E-state index is 0.284. The van der Waals surface area contributed by atoms with Crippen molar-refractivity contribution < 1.29 is 19.1 Å². The van der Waals surface area contributed by atoms with E-state index >= 15 is 0 Å². The van der Waals surface area contributed by atoms with E-state index in [0.717, 1.165) is 22.3 Å². The summed E-state index contributed by atoms with van der Waals surface area (Å²) in [6.07, 6.45) is 0. The van der Waals surface area contributed by atoms with Crippen molar-refractivity contribution in [3.63, 3.8) is 0 Å². The number of benzene rings is 3. The molecule has 4 nitrogen and oxygen atoms in total. The van der Waals surface area contributed by atoms with E-state index in [0.29, 0.717) is 11.5 Å². The van der Waals surface area contributed by atoms with Crippen molar-refractivity contribution in [2.45, 2.75) is 38.5 Å². The van der Waals surface area contributed by atoms with Gasteiger partial charge in [0, 0.05) is 34.0 Å². The molecule has 0 unspecified atom stereocenters. The highest BCUT2D eigenvalue weighted by Gasteiger charge is 2.28. The molecule has 6 heteroatoms. The molecule has 0 heterocycles. The van der Waals surface area contributed by atoms with E-state index < -0.39 is 10.9 Å². The van der Waals surface area contributed by atoms with E-state index in [9.17, 15) is 9.59 Å². The molecule has 0 aliphatic carbocycles. The van der Waals surface area contributed by atoms with Gasteiger partial charge in [0.05, 0.1) is 0 Å². The van der Waals surface area contributed by atoms with Gasteiger partial charge in [0.2, 0.25) is 0 Å². The van der Waals surface area contributed by atoms with E-state index in [1.165, 1.54) is 0 Å². The first-order valence-electron chi connectivity index (χ1n) is 10.1. The van der Waals surface area contributed by atoms with E-state index in [1.54, 1.807) is 24.3 Å². The molecule has 3 aromatic rings. The molecule has 0 fully saturated rings. The van der Waals surface area contributed by atoms with Gasteiger partial charge in [0.1, 0.15) is 11.5 Å². The Bertz CT molecular complexity index is 1030. The van der Waals surface area contributed by atoms with Crippen LogP contribution in [0.1, 0.15) is 49.9 Å². The summed E-state index contributed by atoms with van der Waals surface area (Å²) in [6, 6.07) is 23.2. The van der Waals surface area contributed by atoms with Crippen LogP contribution in [0.3, 0.4) is 0 Å². The molecule has 32 heavy (non-hydrogen) atoms. The van der Waals surface area contributed by atoms with Crippen LogP contribution in [-0.2, 0) is 10.8 Å². The quantitative estimate of drug-likeness (QED) is 0.344. The third-order valence-corrected chi connectivity index (χ3v) is 6.01. The van der Waals surface area contributed by atoms with Gasteiger partial charge in [0.25, 0.3) is 0 Å². The number of carbonyl (C=O) groups is 2. The molecule has 0 aromatic heterocycles. The Morgan fingerprint density at radius 3 is 1.25 bits per heavy atom. The standard InChI is InChI=1S/C26H24Cl2O4/c1-25(2,17-8-12-21(13-9-17)31-23(27)29)19-6-5-7-20(16-19)26(3,4)18-10-14-22(15-11-18)32-24(28)30/h5-16H,1-4H3. The molecule has 3 aromatic carbocycles. The van der Waals surface area contributed by atoms with E-state index in [-0.39, 0.29) is 10.8 Å². The zero-order valence-corrected chi connectivity index (χ0v) is 19.8. The number of halogens is 2. The van der Waals surface area contributed by atoms with Crippen molar-refractivity contribution >= 4 is 34.1 Å². The Labute approximate surface area is 198 Å². The molecular formula is C26H24Cl2O4. The number of hydrogen-bond acceptors (Lipinski definition) is 4. The average Bonchev–Trinajstić information content (AvgIpc) is 2.74. The van der Waals surface area contributed by atoms with Crippen molar-refractivity contribution in [3.05, 3.63) is 95.1 Å². The van der Waals surface area contributed by atoms with Crippen LogP contribution in [0.5, 0.6) is 11.5 Å². The molecule has 0 saturated heterocycles. The Hall–Kier alpha value is -2.82. The predicted molar refractivity (Wildman–Crippen MR) is 127 cm³/mol. The predicted octanol–water partition coefficient (Wildman–Crippen LogP) is 7.81. The van der Waals surface area contributed by atoms with Gasteiger partial charge >= 0.3 is 10.9 Å². The summed E-state index contributed by atoms with van der Waals surface area (Å²) in [5.41, 5.74) is 2.17. The fraction of sp³-hybridized carbons (Fsp3) is 0.231. The highest BCUT2D eigenvalue weighted by atomic mass is 35.5. The molecule has 3 rings (SSSR count). The third-order valence-electron chi connectivity index (χ3n) is 5.85. The molecule has 0 N–H and O–H groups in total. The summed E-state index contributed by atoms with van der Waals surface area (Å²) in [6.45, 7) is 8.60. The average molecular weight is 471 g/mol. The van der Waals surface area contributed by atoms with Crippen LogP contribution in [0.4, 0.5) is 9.59 Å². The smallest absolute Gasteiger partial charge is 0.409 e. The third kappa shape index (κ3) is 5.32. The lowest BCUT2D eigenvalue weighted by Crippen LogP contribution is -2.23. The molecule has 0 saturated carbocycles. The lowest BCUT2D eigenvalue weighted by atomic mass is 9.73. The highest BCUT2D eigenvalue weighted by Crippen LogP contribution is 2.37. The number of hydrogen-bond donors (Lipinski definition) is 0. The molecule has 166 valence electrons.